The standard InChI is InChI=1S/C31H31N3O4S/c1-22-13-17-27(18-14-22)39(37,38)34(26-16-15-23(2)24(3)19-26)21-30(35)33-29-12-8-7-11-28(29)31(36)32-20-25-9-5-4-6-10-25/h4-19H,20-21H2,1-3H3,(H,32,36)(H,33,35). The van der Waals surface area contributed by atoms with Gasteiger partial charge in [0.25, 0.3) is 15.9 Å². The van der Waals surface area contributed by atoms with E-state index in [9.17, 15) is 18.0 Å². The molecule has 0 saturated carbocycles. The van der Waals surface area contributed by atoms with Crippen LogP contribution in [0.5, 0.6) is 0 Å². The number of nitrogens with zero attached hydrogens (tertiary/aromatic N) is 1. The van der Waals surface area contributed by atoms with E-state index in [0.717, 1.165) is 26.6 Å². The maximum Gasteiger partial charge on any atom is 0.264 e. The molecule has 200 valence electrons. The van der Waals surface area contributed by atoms with Crippen molar-refractivity contribution in [2.45, 2.75) is 32.2 Å². The second-order valence-electron chi connectivity index (χ2n) is 9.36. The maximum atomic E-state index is 13.7. The molecule has 0 spiro atoms. The van der Waals surface area contributed by atoms with E-state index in [1.807, 2.05) is 57.2 Å². The van der Waals surface area contributed by atoms with E-state index >= 15 is 0 Å². The highest BCUT2D eigenvalue weighted by Gasteiger charge is 2.28. The van der Waals surface area contributed by atoms with Gasteiger partial charge in [0.15, 0.2) is 0 Å². The number of para-hydroxylation sites is 1. The van der Waals surface area contributed by atoms with Crippen molar-refractivity contribution in [3.63, 3.8) is 0 Å². The minimum atomic E-state index is -4.06. The summed E-state index contributed by atoms with van der Waals surface area (Å²) in [7, 11) is -4.06. The van der Waals surface area contributed by atoms with Crippen LogP contribution in [0.3, 0.4) is 0 Å². The van der Waals surface area contributed by atoms with Crippen LogP contribution in [0.25, 0.3) is 0 Å². The lowest BCUT2D eigenvalue weighted by molar-refractivity contribution is -0.114. The lowest BCUT2D eigenvalue weighted by atomic mass is 10.1. The number of rotatable bonds is 9. The van der Waals surface area contributed by atoms with Crippen molar-refractivity contribution in [2.24, 2.45) is 0 Å². The average molecular weight is 542 g/mol. The molecule has 0 fully saturated rings. The lowest BCUT2D eigenvalue weighted by Gasteiger charge is -2.25. The molecule has 0 aliphatic carbocycles. The minimum absolute atomic E-state index is 0.0832. The molecule has 0 radical (unpaired) electrons. The van der Waals surface area contributed by atoms with Gasteiger partial charge in [-0.15, -0.1) is 0 Å². The Kier molecular flexibility index (Phi) is 8.46. The van der Waals surface area contributed by atoms with Crippen LogP contribution in [0, 0.1) is 20.8 Å². The van der Waals surface area contributed by atoms with E-state index in [2.05, 4.69) is 10.6 Å². The highest BCUT2D eigenvalue weighted by atomic mass is 32.2. The number of carbonyl (C=O) groups is 2. The van der Waals surface area contributed by atoms with Gasteiger partial charge >= 0.3 is 0 Å². The first-order valence-corrected chi connectivity index (χ1v) is 14.0. The van der Waals surface area contributed by atoms with Gasteiger partial charge in [0.1, 0.15) is 6.54 Å². The van der Waals surface area contributed by atoms with Crippen LogP contribution >= 0.6 is 0 Å². The third kappa shape index (κ3) is 6.72. The zero-order chi connectivity index (χ0) is 28.0. The number of sulfonamides is 1. The van der Waals surface area contributed by atoms with Crippen molar-refractivity contribution in [1.29, 1.82) is 0 Å². The van der Waals surface area contributed by atoms with Gasteiger partial charge < -0.3 is 10.6 Å². The molecular formula is C31H31N3O4S. The van der Waals surface area contributed by atoms with Crippen LogP contribution in [-0.4, -0.2) is 26.8 Å². The molecule has 2 amide bonds. The fourth-order valence-corrected chi connectivity index (χ4v) is 5.43. The van der Waals surface area contributed by atoms with Gasteiger partial charge in [-0.3, -0.25) is 13.9 Å². The van der Waals surface area contributed by atoms with E-state index in [0.29, 0.717) is 17.9 Å². The van der Waals surface area contributed by atoms with Crippen molar-refractivity contribution in [3.05, 3.63) is 125 Å². The van der Waals surface area contributed by atoms with Gasteiger partial charge in [-0.1, -0.05) is 66.2 Å². The Hall–Kier alpha value is -4.43. The smallest absolute Gasteiger partial charge is 0.264 e. The van der Waals surface area contributed by atoms with Crippen molar-refractivity contribution < 1.29 is 18.0 Å². The molecule has 0 atom stereocenters. The van der Waals surface area contributed by atoms with Crippen molar-refractivity contribution in [1.82, 2.24) is 5.32 Å². The van der Waals surface area contributed by atoms with Crippen molar-refractivity contribution >= 4 is 33.2 Å². The third-order valence-electron chi connectivity index (χ3n) is 6.42. The largest absolute Gasteiger partial charge is 0.348 e. The third-order valence-corrected chi connectivity index (χ3v) is 8.20. The predicted molar refractivity (Wildman–Crippen MR) is 154 cm³/mol. The number of nitrogens with one attached hydrogen (secondary N) is 2. The summed E-state index contributed by atoms with van der Waals surface area (Å²) in [5.41, 5.74) is 4.72. The Bertz CT molecular complexity index is 1580. The van der Waals surface area contributed by atoms with Crippen molar-refractivity contribution in [2.75, 3.05) is 16.2 Å². The number of hydrogen-bond acceptors (Lipinski definition) is 4. The van der Waals surface area contributed by atoms with E-state index in [1.54, 1.807) is 48.5 Å². The Labute approximate surface area is 229 Å². The van der Waals surface area contributed by atoms with E-state index < -0.39 is 22.5 Å². The van der Waals surface area contributed by atoms with E-state index in [1.165, 1.54) is 12.1 Å². The van der Waals surface area contributed by atoms with Crippen LogP contribution in [0.4, 0.5) is 11.4 Å². The van der Waals surface area contributed by atoms with Crippen LogP contribution in [0.1, 0.15) is 32.6 Å². The molecule has 39 heavy (non-hydrogen) atoms. The minimum Gasteiger partial charge on any atom is -0.348 e. The molecule has 4 aromatic carbocycles. The molecule has 0 aliphatic heterocycles. The summed E-state index contributed by atoms with van der Waals surface area (Å²) in [6.45, 7) is 5.55. The Morgan fingerprint density at radius 3 is 2.13 bits per heavy atom. The van der Waals surface area contributed by atoms with Gasteiger partial charge in [0, 0.05) is 6.54 Å². The number of carbonyl (C=O) groups excluding carboxylic acids is 2. The molecule has 0 bridgehead atoms. The van der Waals surface area contributed by atoms with Crippen molar-refractivity contribution in [3.8, 4) is 0 Å². The second kappa shape index (κ2) is 12.0. The van der Waals surface area contributed by atoms with Crippen LogP contribution in [0.15, 0.2) is 102 Å². The lowest BCUT2D eigenvalue weighted by Crippen LogP contribution is -2.38. The Balaban J connectivity index is 1.58. The fraction of sp³-hybridized carbons (Fsp3) is 0.161. The van der Waals surface area contributed by atoms with Crippen LogP contribution < -0.4 is 14.9 Å². The molecule has 4 rings (SSSR count). The first-order chi connectivity index (χ1) is 18.6. The molecular weight excluding hydrogens is 510 g/mol. The zero-order valence-corrected chi connectivity index (χ0v) is 23.0. The first-order valence-electron chi connectivity index (χ1n) is 12.5. The quantitative estimate of drug-likeness (QED) is 0.298. The maximum absolute atomic E-state index is 13.7. The summed E-state index contributed by atoms with van der Waals surface area (Å²) in [4.78, 5) is 26.3. The summed E-state index contributed by atoms with van der Waals surface area (Å²) in [6.07, 6.45) is 0. The molecule has 4 aromatic rings. The summed E-state index contributed by atoms with van der Waals surface area (Å²) in [5.74, 6) is -0.930. The summed E-state index contributed by atoms with van der Waals surface area (Å²) in [6, 6.07) is 27.9. The highest BCUT2D eigenvalue weighted by Crippen LogP contribution is 2.26. The monoisotopic (exact) mass is 541 g/mol. The summed E-state index contributed by atoms with van der Waals surface area (Å²) >= 11 is 0. The molecule has 0 heterocycles. The number of aryl methyl sites for hydroxylation is 3. The predicted octanol–water partition coefficient (Wildman–Crippen LogP) is 5.38. The normalized spacial score (nSPS) is 11.1. The first kappa shape index (κ1) is 27.6. The summed E-state index contributed by atoms with van der Waals surface area (Å²) in [5, 5.41) is 5.60. The summed E-state index contributed by atoms with van der Waals surface area (Å²) < 4.78 is 28.5. The topological polar surface area (TPSA) is 95.6 Å². The zero-order valence-electron chi connectivity index (χ0n) is 22.1. The number of benzene rings is 4. The van der Waals surface area contributed by atoms with Crippen LogP contribution in [-0.2, 0) is 21.4 Å². The molecule has 0 unspecified atom stereocenters. The molecule has 0 aliphatic rings. The van der Waals surface area contributed by atoms with Gasteiger partial charge in [-0.2, -0.15) is 0 Å². The van der Waals surface area contributed by atoms with Gasteiger partial charge in [-0.25, -0.2) is 8.42 Å². The SMILES string of the molecule is Cc1ccc(S(=O)(=O)N(CC(=O)Nc2ccccc2C(=O)NCc2ccccc2)c2ccc(C)c(C)c2)cc1. The van der Waals surface area contributed by atoms with E-state index in [-0.39, 0.29) is 16.4 Å². The Morgan fingerprint density at radius 2 is 1.44 bits per heavy atom. The number of amides is 2. The number of anilines is 2. The molecule has 2 N–H and O–H groups in total. The highest BCUT2D eigenvalue weighted by molar-refractivity contribution is 7.92. The molecule has 0 saturated heterocycles. The number of hydrogen-bond donors (Lipinski definition) is 2. The molecule has 0 aromatic heterocycles. The van der Waals surface area contributed by atoms with Gasteiger partial charge in [0.05, 0.1) is 21.8 Å². The van der Waals surface area contributed by atoms with Crippen LogP contribution in [0.2, 0.25) is 0 Å². The second-order valence-corrected chi connectivity index (χ2v) is 11.2. The van der Waals surface area contributed by atoms with Gasteiger partial charge in [-0.05, 0) is 73.9 Å². The van der Waals surface area contributed by atoms with Gasteiger partial charge in [0.2, 0.25) is 5.91 Å². The fourth-order valence-electron chi connectivity index (χ4n) is 4.02. The Morgan fingerprint density at radius 1 is 0.769 bits per heavy atom. The molecule has 8 heteroatoms. The van der Waals surface area contributed by atoms with E-state index in [4.69, 9.17) is 0 Å². The average Bonchev–Trinajstić information content (AvgIpc) is 2.93. The molecule has 7 nitrogen and oxygen atoms in total.